The highest BCUT2D eigenvalue weighted by molar-refractivity contribution is 6.30. The predicted molar refractivity (Wildman–Crippen MR) is 53.1 cm³/mol. The number of halogens is 4. The normalized spacial score (nSPS) is 11.0. The smallest absolute Gasteiger partial charge is 0.211 e. The van der Waals surface area contributed by atoms with Gasteiger partial charge in [-0.15, -0.1) is 0 Å². The number of carbonyl (C=O) groups excluding carboxylic acids is 1. The molecule has 1 aromatic rings. The fraction of sp³-hybridized carbons (Fsp3) is 0.300. The molecular weight excluding hydrogens is 243 g/mol. The molecule has 1 aromatic carbocycles. The van der Waals surface area contributed by atoms with Gasteiger partial charge < -0.3 is 0 Å². The molecule has 0 aliphatic carbocycles. The van der Waals surface area contributed by atoms with E-state index in [-0.39, 0.29) is 18.0 Å². The second-order valence-electron chi connectivity index (χ2n) is 3.07. The molecule has 0 unspecified atom stereocenters. The number of benzene rings is 1. The number of aliphatic imine (C=N–C) groups is 1. The molecule has 0 saturated carbocycles. The topological polar surface area (TPSA) is 29.4 Å². The molecule has 0 atom stereocenters. The number of rotatable bonds is 3. The van der Waals surface area contributed by atoms with E-state index < -0.39 is 11.7 Å². The second kappa shape index (κ2) is 5.14. The van der Waals surface area contributed by atoms with Crippen LogP contribution in [0.1, 0.15) is 11.1 Å². The minimum Gasteiger partial charge on any atom is -0.211 e. The van der Waals surface area contributed by atoms with Crippen LogP contribution in [0.4, 0.5) is 13.2 Å². The highest BCUT2D eigenvalue weighted by Crippen LogP contribution is 2.31. The Kier molecular flexibility index (Phi) is 4.10. The van der Waals surface area contributed by atoms with Crippen molar-refractivity contribution in [1.29, 1.82) is 0 Å². The molecule has 0 aliphatic rings. The molecule has 0 radical (unpaired) electrons. The van der Waals surface area contributed by atoms with Gasteiger partial charge in [-0.25, -0.2) is 9.79 Å². The van der Waals surface area contributed by atoms with Crippen molar-refractivity contribution >= 4 is 17.7 Å². The number of alkyl halides is 3. The first-order valence-corrected chi connectivity index (χ1v) is 4.71. The zero-order valence-electron chi connectivity index (χ0n) is 8.01. The van der Waals surface area contributed by atoms with Crippen LogP contribution in [0.3, 0.4) is 0 Å². The van der Waals surface area contributed by atoms with Crippen LogP contribution in [0, 0.1) is 0 Å². The summed E-state index contributed by atoms with van der Waals surface area (Å²) in [5.41, 5.74) is -0.413. The molecule has 6 heteroatoms. The van der Waals surface area contributed by atoms with E-state index in [1.165, 1.54) is 12.1 Å². The molecule has 2 nitrogen and oxygen atoms in total. The Morgan fingerprint density at radius 2 is 2.00 bits per heavy atom. The number of isocyanates is 1. The van der Waals surface area contributed by atoms with E-state index in [4.69, 9.17) is 11.6 Å². The fourth-order valence-corrected chi connectivity index (χ4v) is 1.45. The van der Waals surface area contributed by atoms with E-state index in [0.717, 1.165) is 12.1 Å². The van der Waals surface area contributed by atoms with Gasteiger partial charge in [0.05, 0.1) is 12.1 Å². The van der Waals surface area contributed by atoms with Crippen molar-refractivity contribution in [3.8, 4) is 0 Å². The summed E-state index contributed by atoms with van der Waals surface area (Å²) >= 11 is 5.56. The molecular formula is C10H7ClF3NO. The van der Waals surface area contributed by atoms with E-state index in [1.54, 1.807) is 0 Å². The lowest BCUT2D eigenvalue weighted by Gasteiger charge is -2.09. The average molecular weight is 250 g/mol. The summed E-state index contributed by atoms with van der Waals surface area (Å²) in [6, 6.07) is 3.26. The Labute approximate surface area is 94.7 Å². The van der Waals surface area contributed by atoms with Crippen molar-refractivity contribution in [2.24, 2.45) is 4.99 Å². The highest BCUT2D eigenvalue weighted by atomic mass is 35.5. The second-order valence-corrected chi connectivity index (χ2v) is 3.51. The van der Waals surface area contributed by atoms with Crippen molar-refractivity contribution in [2.45, 2.75) is 12.6 Å². The monoisotopic (exact) mass is 249 g/mol. The van der Waals surface area contributed by atoms with Crippen LogP contribution in [0.25, 0.3) is 0 Å². The maximum Gasteiger partial charge on any atom is 0.416 e. The lowest BCUT2D eigenvalue weighted by Crippen LogP contribution is -2.06. The molecule has 0 aromatic heterocycles. The summed E-state index contributed by atoms with van der Waals surface area (Å²) in [7, 11) is 0. The molecule has 0 spiro atoms. The molecule has 0 fully saturated rings. The maximum atomic E-state index is 12.4. The van der Waals surface area contributed by atoms with Gasteiger partial charge in [0, 0.05) is 5.02 Å². The van der Waals surface area contributed by atoms with Gasteiger partial charge in [0.15, 0.2) is 0 Å². The summed E-state index contributed by atoms with van der Waals surface area (Å²) < 4.78 is 37.2. The lowest BCUT2D eigenvalue weighted by atomic mass is 10.1. The number of hydrogen-bond acceptors (Lipinski definition) is 2. The van der Waals surface area contributed by atoms with Crippen molar-refractivity contribution in [2.75, 3.05) is 6.54 Å². The quantitative estimate of drug-likeness (QED) is 0.597. The fourth-order valence-electron chi connectivity index (χ4n) is 1.19. The summed E-state index contributed by atoms with van der Waals surface area (Å²) in [6.07, 6.45) is -2.88. The van der Waals surface area contributed by atoms with E-state index in [9.17, 15) is 18.0 Å². The first kappa shape index (κ1) is 12.7. The minimum absolute atomic E-state index is 0.0138. The predicted octanol–water partition coefficient (Wildman–Crippen LogP) is 3.24. The average Bonchev–Trinajstić information content (AvgIpc) is 2.16. The summed E-state index contributed by atoms with van der Waals surface area (Å²) in [5, 5.41) is 0.0138. The molecule has 1 rings (SSSR count). The molecule has 0 N–H and O–H groups in total. The Balaban J connectivity index is 2.94. The van der Waals surface area contributed by atoms with E-state index in [0.29, 0.717) is 5.56 Å². The number of nitrogens with zero attached hydrogens (tertiary/aromatic N) is 1. The van der Waals surface area contributed by atoms with Crippen LogP contribution in [0.15, 0.2) is 23.2 Å². The molecule has 0 amide bonds. The van der Waals surface area contributed by atoms with E-state index >= 15 is 0 Å². The van der Waals surface area contributed by atoms with Crippen LogP contribution in [0.2, 0.25) is 5.02 Å². The van der Waals surface area contributed by atoms with Gasteiger partial charge in [-0.2, -0.15) is 13.2 Å². The van der Waals surface area contributed by atoms with Crippen molar-refractivity contribution in [1.82, 2.24) is 0 Å². The molecule has 0 aliphatic heterocycles. The van der Waals surface area contributed by atoms with E-state index in [2.05, 4.69) is 4.99 Å². The summed E-state index contributed by atoms with van der Waals surface area (Å²) in [5.74, 6) is 0. The lowest BCUT2D eigenvalue weighted by molar-refractivity contribution is -0.137. The Morgan fingerprint density at radius 3 is 2.56 bits per heavy atom. The summed E-state index contributed by atoms with van der Waals surface area (Å²) in [6.45, 7) is 0.0984. The van der Waals surface area contributed by atoms with Gasteiger partial charge in [0.2, 0.25) is 6.08 Å². The molecule has 0 bridgehead atoms. The van der Waals surface area contributed by atoms with Gasteiger partial charge in [-0.1, -0.05) is 11.6 Å². The third kappa shape index (κ3) is 3.68. The van der Waals surface area contributed by atoms with Gasteiger partial charge in [0.25, 0.3) is 0 Å². The molecule has 16 heavy (non-hydrogen) atoms. The third-order valence-electron chi connectivity index (χ3n) is 1.86. The van der Waals surface area contributed by atoms with Crippen molar-refractivity contribution in [3.05, 3.63) is 34.3 Å². The maximum absolute atomic E-state index is 12.4. The Bertz CT molecular complexity index is 425. The largest absolute Gasteiger partial charge is 0.416 e. The van der Waals surface area contributed by atoms with Crippen molar-refractivity contribution < 1.29 is 18.0 Å². The van der Waals surface area contributed by atoms with E-state index in [1.807, 2.05) is 0 Å². The standard InChI is InChI=1S/C10H7ClF3NO/c11-9-4-7(1-2-15-6-16)3-8(5-9)10(12,13)14/h3-5H,1-2H2. The van der Waals surface area contributed by atoms with Gasteiger partial charge in [0.1, 0.15) is 0 Å². The Morgan fingerprint density at radius 1 is 1.31 bits per heavy atom. The van der Waals surface area contributed by atoms with Gasteiger partial charge in [-0.05, 0) is 30.2 Å². The van der Waals surface area contributed by atoms with Crippen molar-refractivity contribution in [3.63, 3.8) is 0 Å². The zero-order valence-corrected chi connectivity index (χ0v) is 8.77. The third-order valence-corrected chi connectivity index (χ3v) is 2.08. The van der Waals surface area contributed by atoms with Crippen LogP contribution in [-0.4, -0.2) is 12.6 Å². The molecule has 0 saturated heterocycles. The molecule has 86 valence electrons. The first-order valence-electron chi connectivity index (χ1n) is 4.34. The van der Waals surface area contributed by atoms with Crippen LogP contribution < -0.4 is 0 Å². The highest BCUT2D eigenvalue weighted by Gasteiger charge is 2.30. The van der Waals surface area contributed by atoms with Crippen LogP contribution in [-0.2, 0) is 17.4 Å². The van der Waals surface area contributed by atoms with Crippen LogP contribution >= 0.6 is 11.6 Å². The van der Waals surface area contributed by atoms with Gasteiger partial charge >= 0.3 is 6.18 Å². The Hall–Kier alpha value is -1.32. The summed E-state index contributed by atoms with van der Waals surface area (Å²) in [4.78, 5) is 13.0. The SMILES string of the molecule is O=C=NCCc1cc(Cl)cc(C(F)(F)F)c1. The van der Waals surface area contributed by atoms with Gasteiger partial charge in [-0.3, -0.25) is 0 Å². The number of hydrogen-bond donors (Lipinski definition) is 0. The zero-order chi connectivity index (χ0) is 12.2. The molecule has 0 heterocycles. The minimum atomic E-state index is -4.42. The first-order chi connectivity index (χ1) is 7.43. The van der Waals surface area contributed by atoms with Crippen LogP contribution in [0.5, 0.6) is 0 Å².